The maximum atomic E-state index is 9.48. The lowest BCUT2D eigenvalue weighted by molar-refractivity contribution is 1.18. The molecule has 0 saturated carbocycles. The van der Waals surface area contributed by atoms with E-state index in [1.807, 2.05) is 84.9 Å². The maximum absolute atomic E-state index is 9.48. The third-order valence-corrected chi connectivity index (χ3v) is 12.0. The van der Waals surface area contributed by atoms with E-state index in [4.69, 9.17) is 0 Å². The average Bonchev–Trinajstić information content (AvgIpc) is 3.89. The molecule has 0 aliphatic heterocycles. The lowest BCUT2D eigenvalue weighted by Crippen LogP contribution is -1.94. The quantitative estimate of drug-likeness (QED) is 0.107. The summed E-state index contributed by atoms with van der Waals surface area (Å²) < 4.78 is 4.61. The Morgan fingerprint density at radius 3 is 1.05 bits per heavy atom. The number of aromatic nitrogens is 2. The standard InChI is InChI=1S/C60H36N6/c61-37-43(38-62)33-41-19-23-45(24-20-41)51(47-27-31-59-55(35-47)53-15-7-9-17-57(53)65(59)49-11-3-1-4-12-49)29-30-52(46-25-21-42(22-26-46)34-44(39-63)40-64)48-28-32-60-56(36-48)54-16-8-10-18-58(54)66(60)50-13-5-2-6-14-50/h1-36H/b51-29+,52-30+. The molecule has 0 amide bonds. The highest BCUT2D eigenvalue weighted by molar-refractivity contribution is 6.12. The van der Waals surface area contributed by atoms with Crippen molar-refractivity contribution >= 4 is 66.9 Å². The largest absolute Gasteiger partial charge is 0.309 e. The molecular formula is C60H36N6. The molecule has 0 aliphatic rings. The van der Waals surface area contributed by atoms with Crippen LogP contribution >= 0.6 is 0 Å². The molecule has 66 heavy (non-hydrogen) atoms. The van der Waals surface area contributed by atoms with Gasteiger partial charge in [-0.25, -0.2) is 0 Å². The van der Waals surface area contributed by atoms with Gasteiger partial charge in [0.2, 0.25) is 0 Å². The third-order valence-electron chi connectivity index (χ3n) is 12.0. The summed E-state index contributed by atoms with van der Waals surface area (Å²) in [5.41, 5.74) is 14.0. The molecule has 0 aliphatic carbocycles. The fourth-order valence-electron chi connectivity index (χ4n) is 8.91. The Labute approximate surface area is 381 Å². The normalized spacial score (nSPS) is 11.5. The molecule has 6 nitrogen and oxygen atoms in total. The van der Waals surface area contributed by atoms with E-state index in [1.165, 1.54) is 0 Å². The fourth-order valence-corrected chi connectivity index (χ4v) is 8.91. The Balaban J connectivity index is 1.20. The second-order valence-corrected chi connectivity index (χ2v) is 15.8. The van der Waals surface area contributed by atoms with Crippen LogP contribution in [-0.2, 0) is 0 Å². The lowest BCUT2D eigenvalue weighted by Gasteiger charge is -2.13. The summed E-state index contributed by atoms with van der Waals surface area (Å²) in [4.78, 5) is 0. The Kier molecular flexibility index (Phi) is 10.7. The summed E-state index contributed by atoms with van der Waals surface area (Å²) in [6.07, 6.45) is 7.52. The molecule has 10 rings (SSSR count). The van der Waals surface area contributed by atoms with E-state index in [-0.39, 0.29) is 11.1 Å². The van der Waals surface area contributed by atoms with Crippen molar-refractivity contribution in [3.8, 4) is 35.7 Å². The Morgan fingerprint density at radius 2 is 0.667 bits per heavy atom. The molecule has 10 aromatic rings. The van der Waals surface area contributed by atoms with Crippen molar-refractivity contribution in [2.45, 2.75) is 0 Å². The summed E-state index contributed by atoms with van der Waals surface area (Å²) >= 11 is 0. The molecule has 2 heterocycles. The van der Waals surface area contributed by atoms with E-state index in [0.29, 0.717) is 0 Å². The second-order valence-electron chi connectivity index (χ2n) is 15.8. The highest BCUT2D eigenvalue weighted by atomic mass is 15.0. The van der Waals surface area contributed by atoms with E-state index in [0.717, 1.165) is 99.5 Å². The van der Waals surface area contributed by atoms with Crippen molar-refractivity contribution in [1.82, 2.24) is 9.13 Å². The smallest absolute Gasteiger partial charge is 0.130 e. The number of nitrogens with zero attached hydrogens (tertiary/aromatic N) is 6. The predicted molar refractivity (Wildman–Crippen MR) is 267 cm³/mol. The summed E-state index contributed by atoms with van der Waals surface area (Å²) in [5, 5.41) is 42.4. The molecule has 0 saturated heterocycles. The van der Waals surface area contributed by atoms with Gasteiger partial charge >= 0.3 is 0 Å². The summed E-state index contributed by atoms with van der Waals surface area (Å²) in [6.45, 7) is 0. The van der Waals surface area contributed by atoms with Crippen molar-refractivity contribution in [2.24, 2.45) is 0 Å². The molecule has 2 aromatic heterocycles. The second kappa shape index (κ2) is 17.6. The fraction of sp³-hybridized carbons (Fsp3) is 0. The van der Waals surface area contributed by atoms with E-state index >= 15 is 0 Å². The molecule has 0 N–H and O–H groups in total. The van der Waals surface area contributed by atoms with E-state index in [1.54, 1.807) is 12.2 Å². The first-order valence-corrected chi connectivity index (χ1v) is 21.4. The van der Waals surface area contributed by atoms with Crippen LogP contribution in [0.25, 0.3) is 78.3 Å². The molecule has 8 aromatic carbocycles. The number of hydrogen-bond acceptors (Lipinski definition) is 4. The number of hydrogen-bond donors (Lipinski definition) is 0. The summed E-state index contributed by atoms with van der Waals surface area (Å²) in [6, 6.07) is 74.8. The van der Waals surface area contributed by atoms with Crippen LogP contribution in [0.4, 0.5) is 0 Å². The first-order chi connectivity index (χ1) is 32.5. The molecule has 0 bridgehead atoms. The van der Waals surface area contributed by atoms with Crippen molar-refractivity contribution in [1.29, 1.82) is 21.0 Å². The summed E-state index contributed by atoms with van der Waals surface area (Å²) in [5.74, 6) is 0. The molecule has 0 unspecified atom stereocenters. The van der Waals surface area contributed by atoms with Crippen LogP contribution in [0.3, 0.4) is 0 Å². The van der Waals surface area contributed by atoms with Gasteiger partial charge in [0.1, 0.15) is 35.4 Å². The third kappa shape index (κ3) is 7.51. The summed E-state index contributed by atoms with van der Waals surface area (Å²) in [7, 11) is 0. The van der Waals surface area contributed by atoms with Crippen LogP contribution in [0.1, 0.15) is 33.4 Å². The molecule has 0 fully saturated rings. The van der Waals surface area contributed by atoms with Gasteiger partial charge < -0.3 is 9.13 Å². The number of benzene rings is 8. The van der Waals surface area contributed by atoms with E-state index in [2.05, 4.69) is 155 Å². The van der Waals surface area contributed by atoms with Gasteiger partial charge in [0.25, 0.3) is 0 Å². The zero-order chi connectivity index (χ0) is 45.0. The van der Waals surface area contributed by atoms with Gasteiger partial charge in [0.15, 0.2) is 0 Å². The van der Waals surface area contributed by atoms with E-state index < -0.39 is 0 Å². The lowest BCUT2D eigenvalue weighted by atomic mass is 9.92. The number of nitriles is 4. The monoisotopic (exact) mass is 840 g/mol. The maximum Gasteiger partial charge on any atom is 0.130 e. The molecule has 0 spiro atoms. The topological polar surface area (TPSA) is 105 Å². The van der Waals surface area contributed by atoms with Crippen molar-refractivity contribution in [3.63, 3.8) is 0 Å². The SMILES string of the molecule is N#CC(C#N)=Cc1ccc(/C(=C\C=C(/c2ccc(C=C(C#N)C#N)cc2)c2ccc3c(c2)c2ccccc2n3-c2ccccc2)c2ccc3c(c2)c2ccccc2n3-c2ccccc2)cc1. The van der Waals surface area contributed by atoms with Crippen molar-refractivity contribution in [2.75, 3.05) is 0 Å². The minimum Gasteiger partial charge on any atom is -0.309 e. The van der Waals surface area contributed by atoms with Crippen LogP contribution in [0.5, 0.6) is 0 Å². The van der Waals surface area contributed by atoms with Gasteiger partial charge in [0, 0.05) is 32.9 Å². The molecule has 0 radical (unpaired) electrons. The van der Waals surface area contributed by atoms with Gasteiger partial charge in [-0.05, 0) is 117 Å². The van der Waals surface area contributed by atoms with Crippen molar-refractivity contribution in [3.05, 3.63) is 251 Å². The minimum absolute atomic E-state index is 0.0354. The first kappa shape index (κ1) is 40.4. The number of fused-ring (bicyclic) bond motifs is 6. The molecule has 306 valence electrons. The van der Waals surface area contributed by atoms with Crippen LogP contribution < -0.4 is 0 Å². The zero-order valence-electron chi connectivity index (χ0n) is 35.5. The van der Waals surface area contributed by atoms with Crippen LogP contribution in [-0.4, -0.2) is 9.13 Å². The van der Waals surface area contributed by atoms with Crippen LogP contribution in [0, 0.1) is 45.3 Å². The number of rotatable bonds is 9. The van der Waals surface area contributed by atoms with Gasteiger partial charge in [-0.3, -0.25) is 0 Å². The van der Waals surface area contributed by atoms with Crippen LogP contribution in [0.15, 0.2) is 217 Å². The van der Waals surface area contributed by atoms with Gasteiger partial charge in [-0.2, -0.15) is 21.0 Å². The molecule has 0 atom stereocenters. The number of allylic oxidation sites excluding steroid dienone is 4. The average molecular weight is 841 g/mol. The minimum atomic E-state index is 0.0354. The Hall–Kier alpha value is -9.72. The van der Waals surface area contributed by atoms with Crippen molar-refractivity contribution < 1.29 is 0 Å². The van der Waals surface area contributed by atoms with Gasteiger partial charge in [-0.15, -0.1) is 0 Å². The van der Waals surface area contributed by atoms with Gasteiger partial charge in [-0.1, -0.05) is 146 Å². The highest BCUT2D eigenvalue weighted by Crippen LogP contribution is 2.38. The zero-order valence-corrected chi connectivity index (χ0v) is 35.5. The Bertz CT molecular complexity index is 3530. The predicted octanol–water partition coefficient (Wildman–Crippen LogP) is 14.3. The van der Waals surface area contributed by atoms with Gasteiger partial charge in [0.05, 0.1) is 22.1 Å². The van der Waals surface area contributed by atoms with E-state index in [9.17, 15) is 21.0 Å². The van der Waals surface area contributed by atoms with Crippen LogP contribution in [0.2, 0.25) is 0 Å². The number of para-hydroxylation sites is 4. The first-order valence-electron chi connectivity index (χ1n) is 21.4. The molecule has 6 heteroatoms. The Morgan fingerprint density at radius 1 is 0.333 bits per heavy atom. The molecular weight excluding hydrogens is 805 g/mol. The highest BCUT2D eigenvalue weighted by Gasteiger charge is 2.17.